The molecule has 3 heteroatoms. The van der Waals surface area contributed by atoms with Crippen LogP contribution in [0, 0.1) is 0 Å². The third-order valence-electron chi connectivity index (χ3n) is 1.11. The highest BCUT2D eigenvalue weighted by atomic mass is 16.5. The molecular weight excluding hydrogens is 132 g/mol. The minimum absolute atomic E-state index is 0.0356. The Morgan fingerprint density at radius 2 is 2.00 bits per heavy atom. The Balaban J connectivity index is 3.21. The summed E-state index contributed by atoms with van der Waals surface area (Å²) in [6.45, 7) is 5.63. The topological polar surface area (TPSA) is 38.7 Å². The Bertz CT molecular complexity index is 65.9. The Labute approximate surface area is 62.0 Å². The first-order chi connectivity index (χ1) is 4.85. The van der Waals surface area contributed by atoms with Gasteiger partial charge in [0.15, 0.2) is 0 Å². The lowest BCUT2D eigenvalue weighted by Gasteiger charge is -2.12. The molecule has 1 atom stereocenters. The maximum atomic E-state index is 8.68. The average Bonchev–Trinajstić information content (AvgIpc) is 1.98. The summed E-state index contributed by atoms with van der Waals surface area (Å²) in [6.07, 6.45) is -0.148. The van der Waals surface area contributed by atoms with Gasteiger partial charge >= 0.3 is 0 Å². The molecule has 0 amide bonds. The van der Waals surface area contributed by atoms with Crippen LogP contribution in [0.3, 0.4) is 0 Å². The van der Waals surface area contributed by atoms with Crippen LogP contribution in [-0.2, 0) is 9.47 Å². The number of aliphatic hydroxyl groups is 1. The second kappa shape index (κ2) is 6.99. The monoisotopic (exact) mass is 148 g/mol. The van der Waals surface area contributed by atoms with Crippen LogP contribution in [-0.4, -0.2) is 37.6 Å². The smallest absolute Gasteiger partial charge is 0.104 e. The lowest BCUT2D eigenvalue weighted by atomic mass is 10.4. The number of aliphatic hydroxyl groups excluding tert-OH is 1. The number of hydrogen-bond donors (Lipinski definition) is 1. The molecule has 0 aromatic carbocycles. The molecule has 0 aliphatic rings. The van der Waals surface area contributed by atoms with Crippen LogP contribution in [0.5, 0.6) is 0 Å². The first-order valence-electron chi connectivity index (χ1n) is 3.65. The van der Waals surface area contributed by atoms with E-state index in [1.54, 1.807) is 0 Å². The van der Waals surface area contributed by atoms with Crippen LogP contribution in [0.4, 0.5) is 0 Å². The molecule has 0 spiro atoms. The van der Waals surface area contributed by atoms with Crippen LogP contribution in [0.15, 0.2) is 0 Å². The van der Waals surface area contributed by atoms with Gasteiger partial charge < -0.3 is 14.6 Å². The van der Waals surface area contributed by atoms with Crippen LogP contribution in [0.2, 0.25) is 0 Å². The van der Waals surface area contributed by atoms with Crippen molar-refractivity contribution in [2.75, 3.05) is 26.4 Å². The van der Waals surface area contributed by atoms with Gasteiger partial charge in [-0.2, -0.15) is 0 Å². The summed E-state index contributed by atoms with van der Waals surface area (Å²) < 4.78 is 10.2. The first-order valence-corrected chi connectivity index (χ1v) is 3.65. The molecule has 0 aliphatic carbocycles. The Kier molecular flexibility index (Phi) is 6.91. The SMILES string of the molecule is CCOCC(CO)OCC. The van der Waals surface area contributed by atoms with Crippen molar-refractivity contribution in [2.24, 2.45) is 0 Å². The van der Waals surface area contributed by atoms with Crippen molar-refractivity contribution in [2.45, 2.75) is 20.0 Å². The standard InChI is InChI=1S/C7H16O3/c1-3-9-6-7(5-8)10-4-2/h7-8H,3-6H2,1-2H3. The molecule has 1 unspecified atom stereocenters. The minimum Gasteiger partial charge on any atom is -0.394 e. The van der Waals surface area contributed by atoms with Gasteiger partial charge in [0.25, 0.3) is 0 Å². The van der Waals surface area contributed by atoms with E-state index in [0.29, 0.717) is 19.8 Å². The minimum atomic E-state index is -0.148. The molecule has 3 nitrogen and oxygen atoms in total. The molecule has 0 radical (unpaired) electrons. The van der Waals surface area contributed by atoms with Crippen molar-refractivity contribution in [3.8, 4) is 0 Å². The van der Waals surface area contributed by atoms with Gasteiger partial charge in [-0.1, -0.05) is 0 Å². The molecule has 0 fully saturated rings. The lowest BCUT2D eigenvalue weighted by molar-refractivity contribution is -0.0353. The zero-order valence-corrected chi connectivity index (χ0v) is 6.67. The number of rotatable bonds is 6. The Hall–Kier alpha value is -0.120. The third kappa shape index (κ3) is 4.73. The maximum absolute atomic E-state index is 8.68. The summed E-state index contributed by atoms with van der Waals surface area (Å²) in [7, 11) is 0. The number of ether oxygens (including phenoxy) is 2. The van der Waals surface area contributed by atoms with Gasteiger partial charge in [-0.3, -0.25) is 0 Å². The lowest BCUT2D eigenvalue weighted by Crippen LogP contribution is -2.23. The van der Waals surface area contributed by atoms with Gasteiger partial charge in [0.2, 0.25) is 0 Å². The van der Waals surface area contributed by atoms with Crippen LogP contribution >= 0.6 is 0 Å². The first kappa shape index (κ1) is 9.88. The van der Waals surface area contributed by atoms with E-state index in [9.17, 15) is 0 Å². The number of hydrogen-bond acceptors (Lipinski definition) is 3. The zero-order chi connectivity index (χ0) is 7.82. The van der Waals surface area contributed by atoms with E-state index in [2.05, 4.69) is 0 Å². The molecule has 0 saturated carbocycles. The molecule has 0 bridgehead atoms. The summed E-state index contributed by atoms with van der Waals surface area (Å²) in [4.78, 5) is 0. The third-order valence-corrected chi connectivity index (χ3v) is 1.11. The summed E-state index contributed by atoms with van der Waals surface area (Å²) in [5.41, 5.74) is 0. The van der Waals surface area contributed by atoms with Gasteiger partial charge in [-0.25, -0.2) is 0 Å². The fourth-order valence-electron chi connectivity index (χ4n) is 0.639. The van der Waals surface area contributed by atoms with E-state index >= 15 is 0 Å². The highest BCUT2D eigenvalue weighted by Gasteiger charge is 2.04. The largest absolute Gasteiger partial charge is 0.394 e. The van der Waals surface area contributed by atoms with Crippen molar-refractivity contribution >= 4 is 0 Å². The second-order valence-electron chi connectivity index (χ2n) is 1.92. The quantitative estimate of drug-likeness (QED) is 0.593. The summed E-state index contributed by atoms with van der Waals surface area (Å²) in [5.74, 6) is 0. The van der Waals surface area contributed by atoms with E-state index in [4.69, 9.17) is 14.6 Å². The normalized spacial score (nSPS) is 13.5. The summed E-state index contributed by atoms with van der Waals surface area (Å²) in [5, 5.41) is 8.68. The molecule has 0 rings (SSSR count). The Morgan fingerprint density at radius 1 is 1.30 bits per heavy atom. The van der Waals surface area contributed by atoms with Crippen molar-refractivity contribution in [1.29, 1.82) is 0 Å². The van der Waals surface area contributed by atoms with Gasteiger partial charge in [-0.15, -0.1) is 0 Å². The van der Waals surface area contributed by atoms with E-state index in [-0.39, 0.29) is 12.7 Å². The van der Waals surface area contributed by atoms with Crippen molar-refractivity contribution in [1.82, 2.24) is 0 Å². The van der Waals surface area contributed by atoms with E-state index in [1.807, 2.05) is 13.8 Å². The average molecular weight is 148 g/mol. The Morgan fingerprint density at radius 3 is 2.40 bits per heavy atom. The maximum Gasteiger partial charge on any atom is 0.104 e. The van der Waals surface area contributed by atoms with Crippen LogP contribution < -0.4 is 0 Å². The van der Waals surface area contributed by atoms with Gasteiger partial charge in [-0.05, 0) is 13.8 Å². The van der Waals surface area contributed by atoms with E-state index in [1.165, 1.54) is 0 Å². The van der Waals surface area contributed by atoms with Crippen molar-refractivity contribution in [3.63, 3.8) is 0 Å². The summed E-state index contributed by atoms with van der Waals surface area (Å²) >= 11 is 0. The molecule has 0 aliphatic heterocycles. The molecule has 0 heterocycles. The molecule has 10 heavy (non-hydrogen) atoms. The molecule has 1 N–H and O–H groups in total. The molecule has 62 valence electrons. The molecular formula is C7H16O3. The molecule has 0 saturated heterocycles. The predicted octanol–water partition coefficient (Wildman–Crippen LogP) is 0.420. The molecule has 0 aromatic rings. The van der Waals surface area contributed by atoms with Gasteiger partial charge in [0.1, 0.15) is 6.10 Å². The van der Waals surface area contributed by atoms with Crippen LogP contribution in [0.25, 0.3) is 0 Å². The summed E-state index contributed by atoms with van der Waals surface area (Å²) in [6, 6.07) is 0. The predicted molar refractivity (Wildman–Crippen MR) is 39.0 cm³/mol. The highest BCUT2D eigenvalue weighted by Crippen LogP contribution is 1.91. The second-order valence-corrected chi connectivity index (χ2v) is 1.92. The van der Waals surface area contributed by atoms with Gasteiger partial charge in [0, 0.05) is 13.2 Å². The van der Waals surface area contributed by atoms with E-state index in [0.717, 1.165) is 0 Å². The molecule has 0 aromatic heterocycles. The highest BCUT2D eigenvalue weighted by molar-refractivity contribution is 4.51. The van der Waals surface area contributed by atoms with Gasteiger partial charge in [0.05, 0.1) is 13.2 Å². The fourth-order valence-corrected chi connectivity index (χ4v) is 0.639. The van der Waals surface area contributed by atoms with E-state index < -0.39 is 0 Å². The van der Waals surface area contributed by atoms with Crippen molar-refractivity contribution < 1.29 is 14.6 Å². The van der Waals surface area contributed by atoms with Crippen LogP contribution in [0.1, 0.15) is 13.8 Å². The fraction of sp³-hybridized carbons (Fsp3) is 1.00. The zero-order valence-electron chi connectivity index (χ0n) is 6.67. The van der Waals surface area contributed by atoms with Crippen molar-refractivity contribution in [3.05, 3.63) is 0 Å².